The molecule has 5 heteroatoms. The highest BCUT2D eigenvalue weighted by Crippen LogP contribution is 2.18. The number of halogens is 1. The first-order valence-electron chi connectivity index (χ1n) is 7.61. The van der Waals surface area contributed by atoms with Gasteiger partial charge in [0.05, 0.1) is 6.61 Å². The maximum absolute atomic E-state index is 12.3. The van der Waals surface area contributed by atoms with Crippen LogP contribution in [0.2, 0.25) is 0 Å². The summed E-state index contributed by atoms with van der Waals surface area (Å²) in [4.78, 5) is 14.2. The van der Waals surface area contributed by atoms with Crippen molar-refractivity contribution in [2.75, 3.05) is 39.9 Å². The number of carbonyl (C=O) groups excluding carboxylic acids is 1. The van der Waals surface area contributed by atoms with E-state index < -0.39 is 0 Å². The third-order valence-corrected chi connectivity index (χ3v) is 3.73. The minimum absolute atomic E-state index is 0. The number of piperidine rings is 1. The van der Waals surface area contributed by atoms with Gasteiger partial charge in [-0.2, -0.15) is 0 Å². The van der Waals surface area contributed by atoms with Crippen LogP contribution in [0, 0.1) is 11.8 Å². The summed E-state index contributed by atoms with van der Waals surface area (Å²) in [5.74, 6) is 1.54. The molecule has 1 rings (SSSR count). The second kappa shape index (κ2) is 11.4. The topological polar surface area (TPSA) is 41.6 Å². The third kappa shape index (κ3) is 8.08. The zero-order valence-electron chi connectivity index (χ0n) is 13.2. The molecule has 0 saturated carbocycles. The van der Waals surface area contributed by atoms with Crippen LogP contribution < -0.4 is 5.32 Å². The number of amides is 1. The summed E-state index contributed by atoms with van der Waals surface area (Å²) >= 11 is 0. The average Bonchev–Trinajstić information content (AvgIpc) is 2.41. The van der Waals surface area contributed by atoms with Gasteiger partial charge in [0.1, 0.15) is 0 Å². The van der Waals surface area contributed by atoms with Gasteiger partial charge in [0.2, 0.25) is 5.91 Å². The molecular formula is C15H31ClN2O2. The van der Waals surface area contributed by atoms with Crippen molar-refractivity contribution in [2.24, 2.45) is 11.8 Å². The molecule has 0 aromatic carbocycles. The lowest BCUT2D eigenvalue weighted by atomic mass is 9.93. The number of ether oxygens (including phenoxy) is 1. The largest absolute Gasteiger partial charge is 0.383 e. The molecule has 0 atom stereocenters. The Kier molecular flexibility index (Phi) is 11.2. The quantitative estimate of drug-likeness (QED) is 0.748. The van der Waals surface area contributed by atoms with Crippen LogP contribution in [0.3, 0.4) is 0 Å². The van der Waals surface area contributed by atoms with Gasteiger partial charge in [-0.05, 0) is 44.2 Å². The fourth-order valence-electron chi connectivity index (χ4n) is 2.62. The van der Waals surface area contributed by atoms with Crippen LogP contribution in [-0.2, 0) is 9.53 Å². The minimum atomic E-state index is 0. The molecule has 1 fully saturated rings. The summed E-state index contributed by atoms with van der Waals surface area (Å²) in [6, 6.07) is 0. The van der Waals surface area contributed by atoms with E-state index >= 15 is 0 Å². The Morgan fingerprint density at radius 1 is 1.35 bits per heavy atom. The van der Waals surface area contributed by atoms with Gasteiger partial charge in [0.25, 0.3) is 0 Å². The number of hydrogen-bond donors (Lipinski definition) is 1. The second-order valence-electron chi connectivity index (χ2n) is 5.96. The molecule has 0 aliphatic carbocycles. The van der Waals surface area contributed by atoms with Gasteiger partial charge in [-0.3, -0.25) is 4.79 Å². The van der Waals surface area contributed by atoms with Crippen LogP contribution >= 0.6 is 12.4 Å². The molecule has 1 amide bonds. The minimum Gasteiger partial charge on any atom is -0.383 e. The molecule has 0 aromatic rings. The molecule has 1 N–H and O–H groups in total. The molecular weight excluding hydrogens is 276 g/mol. The first-order chi connectivity index (χ1) is 9.13. The monoisotopic (exact) mass is 306 g/mol. The SMILES string of the molecule is COCCN(CC(C)C)C(=O)CCC1CCNCC1.Cl. The van der Waals surface area contributed by atoms with Crippen molar-refractivity contribution in [1.82, 2.24) is 10.2 Å². The normalized spacial score (nSPS) is 16.0. The number of rotatable bonds is 8. The Hall–Kier alpha value is -0.320. The van der Waals surface area contributed by atoms with E-state index in [0.29, 0.717) is 24.9 Å². The lowest BCUT2D eigenvalue weighted by Gasteiger charge is -2.26. The van der Waals surface area contributed by atoms with E-state index in [-0.39, 0.29) is 12.4 Å². The summed E-state index contributed by atoms with van der Waals surface area (Å²) in [6.07, 6.45) is 4.17. The Balaban J connectivity index is 0.00000361. The number of carbonyl (C=O) groups is 1. The first kappa shape index (κ1) is 19.7. The van der Waals surface area contributed by atoms with Gasteiger partial charge < -0.3 is 15.0 Å². The molecule has 1 aliphatic heterocycles. The van der Waals surface area contributed by atoms with Crippen molar-refractivity contribution in [3.8, 4) is 0 Å². The Morgan fingerprint density at radius 2 is 2.00 bits per heavy atom. The van der Waals surface area contributed by atoms with Crippen LogP contribution in [0.25, 0.3) is 0 Å². The van der Waals surface area contributed by atoms with Crippen molar-refractivity contribution in [3.05, 3.63) is 0 Å². The van der Waals surface area contributed by atoms with E-state index in [0.717, 1.165) is 38.5 Å². The Bertz CT molecular complexity index is 256. The Labute approximate surface area is 130 Å². The van der Waals surface area contributed by atoms with Gasteiger partial charge in [-0.25, -0.2) is 0 Å². The van der Waals surface area contributed by atoms with Gasteiger partial charge >= 0.3 is 0 Å². The molecule has 20 heavy (non-hydrogen) atoms. The summed E-state index contributed by atoms with van der Waals surface area (Å²) in [5, 5.41) is 3.37. The van der Waals surface area contributed by atoms with E-state index in [1.54, 1.807) is 7.11 Å². The van der Waals surface area contributed by atoms with Gasteiger partial charge in [-0.15, -0.1) is 12.4 Å². The van der Waals surface area contributed by atoms with Crippen LogP contribution in [0.15, 0.2) is 0 Å². The van der Waals surface area contributed by atoms with Crippen LogP contribution in [0.1, 0.15) is 39.5 Å². The van der Waals surface area contributed by atoms with Gasteiger partial charge in [0.15, 0.2) is 0 Å². The van der Waals surface area contributed by atoms with Crippen molar-refractivity contribution in [3.63, 3.8) is 0 Å². The van der Waals surface area contributed by atoms with Crippen LogP contribution in [0.4, 0.5) is 0 Å². The van der Waals surface area contributed by atoms with E-state index in [2.05, 4.69) is 19.2 Å². The lowest BCUT2D eigenvalue weighted by molar-refractivity contribution is -0.132. The number of nitrogens with zero attached hydrogens (tertiary/aromatic N) is 1. The lowest BCUT2D eigenvalue weighted by Crippen LogP contribution is -2.37. The predicted molar refractivity (Wildman–Crippen MR) is 85.4 cm³/mol. The standard InChI is InChI=1S/C15H30N2O2.ClH/c1-13(2)12-17(10-11-19-3)15(18)5-4-14-6-8-16-9-7-14;/h13-14,16H,4-12H2,1-3H3;1H. The molecule has 1 saturated heterocycles. The van der Waals surface area contributed by atoms with Crippen molar-refractivity contribution in [2.45, 2.75) is 39.5 Å². The maximum Gasteiger partial charge on any atom is 0.222 e. The predicted octanol–water partition coefficient (Wildman–Crippen LogP) is 2.32. The molecule has 0 aromatic heterocycles. The fourth-order valence-corrected chi connectivity index (χ4v) is 2.62. The number of nitrogens with one attached hydrogen (secondary N) is 1. The summed E-state index contributed by atoms with van der Waals surface area (Å²) in [6.45, 7) is 8.72. The zero-order chi connectivity index (χ0) is 14.1. The van der Waals surface area contributed by atoms with Gasteiger partial charge in [0, 0.05) is 26.6 Å². The molecule has 120 valence electrons. The van der Waals surface area contributed by atoms with Crippen molar-refractivity contribution >= 4 is 18.3 Å². The van der Waals surface area contributed by atoms with Crippen LogP contribution in [0.5, 0.6) is 0 Å². The van der Waals surface area contributed by atoms with E-state index in [9.17, 15) is 4.79 Å². The smallest absolute Gasteiger partial charge is 0.222 e. The molecule has 0 bridgehead atoms. The molecule has 0 unspecified atom stereocenters. The number of methoxy groups -OCH3 is 1. The summed E-state index contributed by atoms with van der Waals surface area (Å²) < 4.78 is 5.10. The maximum atomic E-state index is 12.3. The Morgan fingerprint density at radius 3 is 2.55 bits per heavy atom. The zero-order valence-corrected chi connectivity index (χ0v) is 14.0. The van der Waals surface area contributed by atoms with E-state index in [4.69, 9.17) is 4.74 Å². The number of hydrogen-bond acceptors (Lipinski definition) is 3. The average molecular weight is 307 g/mol. The van der Waals surface area contributed by atoms with Crippen molar-refractivity contribution in [1.29, 1.82) is 0 Å². The van der Waals surface area contributed by atoms with Gasteiger partial charge in [-0.1, -0.05) is 13.8 Å². The summed E-state index contributed by atoms with van der Waals surface area (Å²) in [7, 11) is 1.69. The molecule has 1 heterocycles. The molecule has 1 aliphatic rings. The molecule has 0 radical (unpaired) electrons. The molecule has 0 spiro atoms. The summed E-state index contributed by atoms with van der Waals surface area (Å²) in [5.41, 5.74) is 0. The highest BCUT2D eigenvalue weighted by atomic mass is 35.5. The van der Waals surface area contributed by atoms with E-state index in [1.807, 2.05) is 4.90 Å². The highest BCUT2D eigenvalue weighted by Gasteiger charge is 2.18. The highest BCUT2D eigenvalue weighted by molar-refractivity contribution is 5.85. The molecule has 4 nitrogen and oxygen atoms in total. The van der Waals surface area contributed by atoms with E-state index in [1.165, 1.54) is 12.8 Å². The first-order valence-corrected chi connectivity index (χ1v) is 7.61. The fraction of sp³-hybridized carbons (Fsp3) is 0.933. The third-order valence-electron chi connectivity index (χ3n) is 3.73. The van der Waals surface area contributed by atoms with Crippen molar-refractivity contribution < 1.29 is 9.53 Å². The van der Waals surface area contributed by atoms with Crippen LogP contribution in [-0.4, -0.2) is 50.7 Å². The second-order valence-corrected chi connectivity index (χ2v) is 5.96.